The molecule has 1 aliphatic heterocycles. The topological polar surface area (TPSA) is 41.5 Å². The number of nitrogens with one attached hydrogen (secondary N) is 1. The first-order chi connectivity index (χ1) is 5.84. The quantitative estimate of drug-likeness (QED) is 0.618. The summed E-state index contributed by atoms with van der Waals surface area (Å²) in [5, 5.41) is 2.53. The van der Waals surface area contributed by atoms with Crippen molar-refractivity contribution in [3.63, 3.8) is 0 Å². The molecule has 0 bridgehead atoms. The van der Waals surface area contributed by atoms with Gasteiger partial charge in [-0.3, -0.25) is 9.79 Å². The first kappa shape index (κ1) is 8.71. The molecule has 0 radical (unpaired) electrons. The first-order valence-corrected chi connectivity index (χ1v) is 3.96. The van der Waals surface area contributed by atoms with E-state index in [1.165, 1.54) is 0 Å². The summed E-state index contributed by atoms with van der Waals surface area (Å²) in [7, 11) is 1.60. The highest BCUT2D eigenvalue weighted by atomic mass is 16.1. The molecule has 0 aromatic carbocycles. The fourth-order valence-corrected chi connectivity index (χ4v) is 0.900. The standard InChI is InChI=1S/C9H12N2O/c1-10-9(12)8-6-4-2-3-5-7-11-8/h4-7H,2-3H2,1H3,(H,10,12)/b6-4-,7-5-,11-8+. The minimum Gasteiger partial charge on any atom is -0.354 e. The molecule has 3 heteroatoms. The van der Waals surface area contributed by atoms with E-state index in [9.17, 15) is 4.79 Å². The summed E-state index contributed by atoms with van der Waals surface area (Å²) in [6.45, 7) is 0. The molecule has 0 aromatic heterocycles. The van der Waals surface area contributed by atoms with E-state index in [0.717, 1.165) is 12.8 Å². The molecule has 1 rings (SSSR count). The van der Waals surface area contributed by atoms with Gasteiger partial charge in [-0.25, -0.2) is 0 Å². The lowest BCUT2D eigenvalue weighted by Gasteiger charge is -1.99. The van der Waals surface area contributed by atoms with Crippen molar-refractivity contribution in [2.45, 2.75) is 12.8 Å². The lowest BCUT2D eigenvalue weighted by molar-refractivity contribution is -0.114. The van der Waals surface area contributed by atoms with Crippen molar-refractivity contribution in [3.05, 3.63) is 24.4 Å². The normalized spacial score (nSPS) is 25.9. The number of carbonyl (C=O) groups is 1. The van der Waals surface area contributed by atoms with Crippen LogP contribution in [0.25, 0.3) is 0 Å². The van der Waals surface area contributed by atoms with Crippen LogP contribution in [0.3, 0.4) is 0 Å². The Morgan fingerprint density at radius 3 is 3.00 bits per heavy atom. The SMILES string of the molecule is CNC(=O)C1=N/C=C\CC/C=C\1. The van der Waals surface area contributed by atoms with Gasteiger partial charge in [-0.2, -0.15) is 0 Å². The van der Waals surface area contributed by atoms with E-state index in [2.05, 4.69) is 10.3 Å². The smallest absolute Gasteiger partial charge is 0.269 e. The molecule has 64 valence electrons. The summed E-state index contributed by atoms with van der Waals surface area (Å²) < 4.78 is 0. The summed E-state index contributed by atoms with van der Waals surface area (Å²) >= 11 is 0. The second kappa shape index (κ2) is 4.49. The van der Waals surface area contributed by atoms with Crippen LogP contribution in [-0.4, -0.2) is 18.7 Å². The van der Waals surface area contributed by atoms with Crippen LogP contribution >= 0.6 is 0 Å². The van der Waals surface area contributed by atoms with Crippen molar-refractivity contribution < 1.29 is 4.79 Å². The molecule has 1 amide bonds. The Morgan fingerprint density at radius 2 is 2.25 bits per heavy atom. The average molecular weight is 164 g/mol. The second-order valence-electron chi connectivity index (χ2n) is 2.46. The number of nitrogens with zero attached hydrogens (tertiary/aromatic N) is 1. The molecular formula is C9H12N2O. The molecule has 0 saturated carbocycles. The Labute approximate surface area is 71.9 Å². The van der Waals surface area contributed by atoms with E-state index in [1.807, 2.05) is 12.2 Å². The largest absolute Gasteiger partial charge is 0.354 e. The summed E-state index contributed by atoms with van der Waals surface area (Å²) in [5.74, 6) is -0.141. The third-order valence-electron chi connectivity index (χ3n) is 1.55. The number of aliphatic imine (C=N–C) groups is 1. The molecule has 0 fully saturated rings. The molecule has 0 unspecified atom stereocenters. The average Bonchev–Trinajstić information content (AvgIpc) is 2.02. The van der Waals surface area contributed by atoms with Gasteiger partial charge < -0.3 is 5.32 Å². The molecule has 12 heavy (non-hydrogen) atoms. The second-order valence-corrected chi connectivity index (χ2v) is 2.46. The maximum atomic E-state index is 11.1. The van der Waals surface area contributed by atoms with Crippen LogP contribution in [0.2, 0.25) is 0 Å². The molecular weight excluding hydrogens is 152 g/mol. The van der Waals surface area contributed by atoms with Gasteiger partial charge in [0.2, 0.25) is 0 Å². The van der Waals surface area contributed by atoms with Crippen LogP contribution < -0.4 is 5.32 Å². The van der Waals surface area contributed by atoms with Gasteiger partial charge in [0, 0.05) is 13.2 Å². The van der Waals surface area contributed by atoms with Crippen molar-refractivity contribution >= 4 is 11.6 Å². The minimum atomic E-state index is -0.141. The van der Waals surface area contributed by atoms with Crippen LogP contribution in [-0.2, 0) is 4.79 Å². The van der Waals surface area contributed by atoms with Gasteiger partial charge >= 0.3 is 0 Å². The van der Waals surface area contributed by atoms with Gasteiger partial charge in [0.25, 0.3) is 5.91 Å². The monoisotopic (exact) mass is 164 g/mol. The molecule has 0 aromatic rings. The van der Waals surface area contributed by atoms with Crippen LogP contribution in [0.5, 0.6) is 0 Å². The number of hydrogen-bond donors (Lipinski definition) is 1. The summed E-state index contributed by atoms with van der Waals surface area (Å²) in [5.41, 5.74) is 0.466. The fraction of sp³-hybridized carbons (Fsp3) is 0.333. The van der Waals surface area contributed by atoms with Gasteiger partial charge in [0.05, 0.1) is 0 Å². The third-order valence-corrected chi connectivity index (χ3v) is 1.55. The Kier molecular flexibility index (Phi) is 3.26. The van der Waals surface area contributed by atoms with Gasteiger partial charge in [0.1, 0.15) is 5.71 Å². The number of hydrogen-bond acceptors (Lipinski definition) is 2. The molecule has 1 N–H and O–H groups in total. The molecule has 0 spiro atoms. The first-order valence-electron chi connectivity index (χ1n) is 3.96. The van der Waals surface area contributed by atoms with Crippen LogP contribution in [0.1, 0.15) is 12.8 Å². The summed E-state index contributed by atoms with van der Waals surface area (Å²) in [6, 6.07) is 0. The fourth-order valence-electron chi connectivity index (χ4n) is 0.900. The van der Waals surface area contributed by atoms with Gasteiger partial charge in [-0.05, 0) is 18.9 Å². The highest BCUT2D eigenvalue weighted by Gasteiger charge is 2.03. The maximum Gasteiger partial charge on any atom is 0.269 e. The zero-order chi connectivity index (χ0) is 8.81. The third kappa shape index (κ3) is 2.34. The summed E-state index contributed by atoms with van der Waals surface area (Å²) in [4.78, 5) is 15.1. The van der Waals surface area contributed by atoms with Crippen molar-refractivity contribution in [1.29, 1.82) is 0 Å². The molecule has 0 atom stereocenters. The Hall–Kier alpha value is -1.38. The number of rotatable bonds is 1. The highest BCUT2D eigenvalue weighted by Crippen LogP contribution is 1.98. The molecule has 3 nitrogen and oxygen atoms in total. The van der Waals surface area contributed by atoms with E-state index < -0.39 is 0 Å². The lowest BCUT2D eigenvalue weighted by Crippen LogP contribution is -2.26. The zero-order valence-electron chi connectivity index (χ0n) is 7.08. The molecule has 1 heterocycles. The number of amides is 1. The van der Waals surface area contributed by atoms with E-state index >= 15 is 0 Å². The Morgan fingerprint density at radius 1 is 1.50 bits per heavy atom. The van der Waals surface area contributed by atoms with Crippen LogP contribution in [0.4, 0.5) is 0 Å². The summed E-state index contributed by atoms with van der Waals surface area (Å²) in [6.07, 6.45) is 9.29. The Bertz CT molecular complexity index is 251. The van der Waals surface area contributed by atoms with Crippen molar-refractivity contribution in [1.82, 2.24) is 5.32 Å². The highest BCUT2D eigenvalue weighted by molar-refractivity contribution is 6.43. The van der Waals surface area contributed by atoms with E-state index in [1.54, 1.807) is 19.3 Å². The van der Waals surface area contributed by atoms with Crippen LogP contribution in [0, 0.1) is 0 Å². The van der Waals surface area contributed by atoms with Crippen molar-refractivity contribution in [3.8, 4) is 0 Å². The van der Waals surface area contributed by atoms with E-state index in [0.29, 0.717) is 5.71 Å². The molecule has 0 saturated heterocycles. The van der Waals surface area contributed by atoms with E-state index in [4.69, 9.17) is 0 Å². The van der Waals surface area contributed by atoms with E-state index in [-0.39, 0.29) is 5.91 Å². The minimum absolute atomic E-state index is 0.141. The predicted molar refractivity (Wildman–Crippen MR) is 49.0 cm³/mol. The van der Waals surface area contributed by atoms with Crippen molar-refractivity contribution in [2.24, 2.45) is 4.99 Å². The maximum absolute atomic E-state index is 11.1. The van der Waals surface area contributed by atoms with Gasteiger partial charge in [-0.1, -0.05) is 12.2 Å². The Balaban J connectivity index is 2.77. The van der Waals surface area contributed by atoms with Gasteiger partial charge in [-0.15, -0.1) is 0 Å². The molecule has 0 aliphatic carbocycles. The van der Waals surface area contributed by atoms with Crippen LogP contribution in [0.15, 0.2) is 29.4 Å². The number of carbonyl (C=O) groups excluding carboxylic acids is 1. The van der Waals surface area contributed by atoms with Crippen molar-refractivity contribution in [2.75, 3.05) is 7.05 Å². The van der Waals surface area contributed by atoms with Gasteiger partial charge in [0.15, 0.2) is 0 Å². The number of allylic oxidation sites excluding steroid dienone is 2. The zero-order valence-corrected chi connectivity index (χ0v) is 7.08. The predicted octanol–water partition coefficient (Wildman–Crippen LogP) is 1.04. The lowest BCUT2D eigenvalue weighted by atomic mass is 10.2. The molecule has 1 aliphatic rings.